The summed E-state index contributed by atoms with van der Waals surface area (Å²) in [6, 6.07) is 6.76. The summed E-state index contributed by atoms with van der Waals surface area (Å²) in [7, 11) is -3.48. The molecule has 1 saturated heterocycles. The van der Waals surface area contributed by atoms with Crippen LogP contribution in [0.3, 0.4) is 0 Å². The molecule has 112 valence electrons. The summed E-state index contributed by atoms with van der Waals surface area (Å²) in [6.07, 6.45) is 0. The summed E-state index contributed by atoms with van der Waals surface area (Å²) in [5.74, 6) is 0. The molecule has 2 heterocycles. The highest BCUT2D eigenvalue weighted by Gasteiger charge is 2.26. The van der Waals surface area contributed by atoms with Gasteiger partial charge in [0.25, 0.3) is 0 Å². The van der Waals surface area contributed by atoms with E-state index in [1.807, 2.05) is 13.0 Å². The van der Waals surface area contributed by atoms with Gasteiger partial charge in [0.05, 0.1) is 23.6 Å². The number of morpholine rings is 1. The minimum absolute atomic E-state index is 0.278. The zero-order chi connectivity index (χ0) is 15.0. The van der Waals surface area contributed by atoms with Gasteiger partial charge in [-0.3, -0.25) is 0 Å². The summed E-state index contributed by atoms with van der Waals surface area (Å²) in [5, 5.41) is 1.21. The average molecular weight is 327 g/mol. The van der Waals surface area contributed by atoms with Gasteiger partial charge < -0.3 is 4.74 Å². The molecular weight excluding hydrogens is 312 g/mol. The van der Waals surface area contributed by atoms with E-state index in [1.54, 1.807) is 18.2 Å². The molecule has 21 heavy (non-hydrogen) atoms. The van der Waals surface area contributed by atoms with Crippen molar-refractivity contribution in [3.8, 4) is 0 Å². The molecule has 0 bridgehead atoms. The van der Waals surface area contributed by atoms with E-state index in [0.29, 0.717) is 37.0 Å². The maximum absolute atomic E-state index is 12.6. The average Bonchev–Trinajstić information content (AvgIpc) is 2.49. The van der Waals surface area contributed by atoms with Gasteiger partial charge in [-0.05, 0) is 36.8 Å². The Balaban J connectivity index is 2.05. The Morgan fingerprint density at radius 2 is 1.95 bits per heavy atom. The van der Waals surface area contributed by atoms with E-state index in [9.17, 15) is 8.42 Å². The molecular formula is C14H15ClN2O3S. The molecule has 3 rings (SSSR count). The van der Waals surface area contributed by atoms with Crippen molar-refractivity contribution >= 4 is 32.5 Å². The highest BCUT2D eigenvalue weighted by atomic mass is 35.5. The van der Waals surface area contributed by atoms with E-state index < -0.39 is 10.0 Å². The van der Waals surface area contributed by atoms with Gasteiger partial charge in [0.2, 0.25) is 10.0 Å². The van der Waals surface area contributed by atoms with Crippen LogP contribution in [0.4, 0.5) is 0 Å². The van der Waals surface area contributed by atoms with Crippen molar-refractivity contribution in [2.45, 2.75) is 11.8 Å². The zero-order valence-electron chi connectivity index (χ0n) is 11.5. The Bertz CT molecular complexity index is 786. The molecule has 2 aromatic rings. The van der Waals surface area contributed by atoms with Crippen LogP contribution in [0, 0.1) is 6.92 Å². The summed E-state index contributed by atoms with van der Waals surface area (Å²) < 4.78 is 31.9. The quantitative estimate of drug-likeness (QED) is 0.794. The predicted octanol–water partition coefficient (Wildman–Crippen LogP) is 2.22. The first kappa shape index (κ1) is 14.7. The summed E-state index contributed by atoms with van der Waals surface area (Å²) in [5.41, 5.74) is 1.51. The molecule has 1 fully saturated rings. The van der Waals surface area contributed by atoms with E-state index in [-0.39, 0.29) is 4.90 Å². The van der Waals surface area contributed by atoms with Crippen molar-refractivity contribution in [3.63, 3.8) is 0 Å². The molecule has 5 nitrogen and oxygen atoms in total. The van der Waals surface area contributed by atoms with Crippen LogP contribution in [0.25, 0.3) is 10.9 Å². The van der Waals surface area contributed by atoms with E-state index in [2.05, 4.69) is 4.98 Å². The molecule has 1 aliphatic rings. The molecule has 0 radical (unpaired) electrons. The Hall–Kier alpha value is -1.21. The van der Waals surface area contributed by atoms with Gasteiger partial charge >= 0.3 is 0 Å². The van der Waals surface area contributed by atoms with Crippen LogP contribution in [0.2, 0.25) is 5.15 Å². The number of pyridine rings is 1. The number of halogens is 1. The van der Waals surface area contributed by atoms with Crippen molar-refractivity contribution in [2.24, 2.45) is 0 Å². The summed E-state index contributed by atoms with van der Waals surface area (Å²) in [4.78, 5) is 4.53. The molecule has 0 saturated carbocycles. The topological polar surface area (TPSA) is 59.5 Å². The first-order valence-corrected chi connectivity index (χ1v) is 8.45. The molecule has 1 aromatic carbocycles. The predicted molar refractivity (Wildman–Crippen MR) is 81.1 cm³/mol. The molecule has 0 spiro atoms. The molecule has 0 amide bonds. The molecule has 0 atom stereocenters. The van der Waals surface area contributed by atoms with Gasteiger partial charge in [-0.25, -0.2) is 13.4 Å². The Labute approximate surface area is 128 Å². The minimum Gasteiger partial charge on any atom is -0.379 e. The number of aryl methyl sites for hydroxylation is 1. The van der Waals surface area contributed by atoms with Crippen LogP contribution in [0.1, 0.15) is 5.56 Å². The minimum atomic E-state index is -3.48. The third-order valence-corrected chi connectivity index (χ3v) is 5.80. The van der Waals surface area contributed by atoms with Crippen LogP contribution in [-0.4, -0.2) is 44.0 Å². The Morgan fingerprint density at radius 3 is 2.67 bits per heavy atom. The first-order chi connectivity index (χ1) is 9.98. The Morgan fingerprint density at radius 1 is 1.24 bits per heavy atom. The molecule has 0 unspecified atom stereocenters. The van der Waals surface area contributed by atoms with Crippen molar-refractivity contribution in [1.29, 1.82) is 0 Å². The van der Waals surface area contributed by atoms with Gasteiger partial charge in [0.15, 0.2) is 0 Å². The molecule has 0 aliphatic carbocycles. The lowest BCUT2D eigenvalue weighted by Crippen LogP contribution is -2.40. The van der Waals surface area contributed by atoms with Gasteiger partial charge in [0, 0.05) is 18.5 Å². The molecule has 1 aromatic heterocycles. The standard InChI is InChI=1S/C14H15ClN2O3S/c1-10-8-11-9-12(2-3-13(11)16-14(10)15)21(18,19)17-4-6-20-7-5-17/h2-3,8-9H,4-7H2,1H3. The lowest BCUT2D eigenvalue weighted by Gasteiger charge is -2.26. The maximum Gasteiger partial charge on any atom is 0.243 e. The van der Waals surface area contributed by atoms with Gasteiger partial charge in [-0.1, -0.05) is 11.6 Å². The van der Waals surface area contributed by atoms with Gasteiger partial charge in [0.1, 0.15) is 5.15 Å². The highest BCUT2D eigenvalue weighted by molar-refractivity contribution is 7.89. The molecule has 0 N–H and O–H groups in total. The van der Waals surface area contributed by atoms with Crippen LogP contribution in [0.5, 0.6) is 0 Å². The number of benzene rings is 1. The monoisotopic (exact) mass is 326 g/mol. The van der Waals surface area contributed by atoms with Crippen molar-refractivity contribution < 1.29 is 13.2 Å². The van der Waals surface area contributed by atoms with Gasteiger partial charge in [-0.2, -0.15) is 4.31 Å². The third-order valence-electron chi connectivity index (χ3n) is 3.52. The second-order valence-corrected chi connectivity index (χ2v) is 7.26. The summed E-state index contributed by atoms with van der Waals surface area (Å²) >= 11 is 5.99. The van der Waals surface area contributed by atoms with Crippen molar-refractivity contribution in [1.82, 2.24) is 9.29 Å². The number of rotatable bonds is 2. The first-order valence-electron chi connectivity index (χ1n) is 6.63. The number of hydrogen-bond acceptors (Lipinski definition) is 4. The number of aromatic nitrogens is 1. The van der Waals surface area contributed by atoms with E-state index in [1.165, 1.54) is 4.31 Å². The number of fused-ring (bicyclic) bond motifs is 1. The number of nitrogens with zero attached hydrogens (tertiary/aromatic N) is 2. The van der Waals surface area contributed by atoms with Crippen molar-refractivity contribution in [2.75, 3.05) is 26.3 Å². The fourth-order valence-corrected chi connectivity index (χ4v) is 3.92. The van der Waals surface area contributed by atoms with Crippen LogP contribution >= 0.6 is 11.6 Å². The van der Waals surface area contributed by atoms with Crippen LogP contribution in [0.15, 0.2) is 29.2 Å². The van der Waals surface area contributed by atoms with E-state index >= 15 is 0 Å². The van der Waals surface area contributed by atoms with Crippen molar-refractivity contribution in [3.05, 3.63) is 35.0 Å². The smallest absolute Gasteiger partial charge is 0.243 e. The fraction of sp³-hybridized carbons (Fsp3) is 0.357. The fourth-order valence-electron chi connectivity index (χ4n) is 2.33. The highest BCUT2D eigenvalue weighted by Crippen LogP contribution is 2.24. The largest absolute Gasteiger partial charge is 0.379 e. The lowest BCUT2D eigenvalue weighted by atomic mass is 10.2. The maximum atomic E-state index is 12.6. The van der Waals surface area contributed by atoms with E-state index in [0.717, 1.165) is 10.9 Å². The zero-order valence-corrected chi connectivity index (χ0v) is 13.1. The van der Waals surface area contributed by atoms with E-state index in [4.69, 9.17) is 16.3 Å². The SMILES string of the molecule is Cc1cc2cc(S(=O)(=O)N3CCOCC3)ccc2nc1Cl. The number of hydrogen-bond donors (Lipinski definition) is 0. The van der Waals surface area contributed by atoms with Crippen LogP contribution < -0.4 is 0 Å². The summed E-state index contributed by atoms with van der Waals surface area (Å²) in [6.45, 7) is 3.49. The molecule has 7 heteroatoms. The lowest BCUT2D eigenvalue weighted by molar-refractivity contribution is 0.0730. The second kappa shape index (κ2) is 5.53. The molecule has 1 aliphatic heterocycles. The Kier molecular flexibility index (Phi) is 3.88. The second-order valence-electron chi connectivity index (χ2n) is 4.97. The number of sulfonamides is 1. The normalized spacial score (nSPS) is 17.2. The number of ether oxygens (including phenoxy) is 1. The van der Waals surface area contributed by atoms with Crippen LogP contribution in [-0.2, 0) is 14.8 Å². The third kappa shape index (κ3) is 2.76. The van der Waals surface area contributed by atoms with Gasteiger partial charge in [-0.15, -0.1) is 0 Å².